The van der Waals surface area contributed by atoms with Gasteiger partial charge >= 0.3 is 0 Å². The van der Waals surface area contributed by atoms with Gasteiger partial charge < -0.3 is 5.32 Å². The van der Waals surface area contributed by atoms with Crippen LogP contribution in [0.15, 0.2) is 22.9 Å². The molecular weight excluding hydrogens is 304 g/mol. The Kier molecular flexibility index (Phi) is 5.77. The van der Waals surface area contributed by atoms with E-state index in [0.29, 0.717) is 22.3 Å². The third-order valence-corrected chi connectivity index (χ3v) is 3.66. The third-order valence-electron chi connectivity index (χ3n) is 2.22. The molecule has 1 N–H and O–H groups in total. The van der Waals surface area contributed by atoms with Crippen LogP contribution in [0.5, 0.6) is 0 Å². The highest BCUT2D eigenvalue weighted by atomic mass is 79.9. The van der Waals surface area contributed by atoms with Gasteiger partial charge in [0, 0.05) is 35.0 Å². The SMILES string of the molecule is CC(CCS(C)=O)NC(=O)c1cccnc1Br. The smallest absolute Gasteiger partial charge is 0.254 e. The lowest BCUT2D eigenvalue weighted by molar-refractivity contribution is 0.0938. The maximum Gasteiger partial charge on any atom is 0.254 e. The van der Waals surface area contributed by atoms with Crippen LogP contribution < -0.4 is 5.32 Å². The highest BCUT2D eigenvalue weighted by Crippen LogP contribution is 2.12. The van der Waals surface area contributed by atoms with Crippen molar-refractivity contribution in [1.82, 2.24) is 10.3 Å². The number of carbonyl (C=O) groups is 1. The first-order valence-corrected chi connectivity index (χ1v) is 7.74. The highest BCUT2D eigenvalue weighted by molar-refractivity contribution is 9.10. The molecule has 6 heteroatoms. The lowest BCUT2D eigenvalue weighted by Gasteiger charge is -2.13. The number of hydrogen-bond acceptors (Lipinski definition) is 3. The molecule has 1 rings (SSSR count). The van der Waals surface area contributed by atoms with Crippen molar-refractivity contribution in [3.8, 4) is 0 Å². The van der Waals surface area contributed by atoms with Crippen LogP contribution in [-0.2, 0) is 10.8 Å². The zero-order chi connectivity index (χ0) is 12.8. The van der Waals surface area contributed by atoms with Gasteiger partial charge in [0.15, 0.2) is 0 Å². The van der Waals surface area contributed by atoms with Gasteiger partial charge in [-0.3, -0.25) is 9.00 Å². The van der Waals surface area contributed by atoms with Crippen LogP contribution in [0.4, 0.5) is 0 Å². The Morgan fingerprint density at radius 1 is 1.65 bits per heavy atom. The minimum absolute atomic E-state index is 0.00138. The summed E-state index contributed by atoms with van der Waals surface area (Å²) in [5.41, 5.74) is 0.511. The number of halogens is 1. The fourth-order valence-corrected chi connectivity index (χ4v) is 2.39. The number of rotatable bonds is 5. The van der Waals surface area contributed by atoms with E-state index in [1.807, 2.05) is 6.92 Å². The molecule has 1 aromatic heterocycles. The summed E-state index contributed by atoms with van der Waals surface area (Å²) in [5.74, 6) is 0.426. The van der Waals surface area contributed by atoms with E-state index in [4.69, 9.17) is 0 Å². The summed E-state index contributed by atoms with van der Waals surface area (Å²) < 4.78 is 11.5. The molecule has 0 spiro atoms. The molecule has 2 atom stereocenters. The van der Waals surface area contributed by atoms with Gasteiger partial charge in [-0.2, -0.15) is 0 Å². The molecule has 0 saturated heterocycles. The van der Waals surface area contributed by atoms with Crippen molar-refractivity contribution in [2.75, 3.05) is 12.0 Å². The van der Waals surface area contributed by atoms with Gasteiger partial charge in [0.2, 0.25) is 0 Å². The van der Waals surface area contributed by atoms with E-state index in [2.05, 4.69) is 26.2 Å². The van der Waals surface area contributed by atoms with Crippen molar-refractivity contribution in [2.45, 2.75) is 19.4 Å². The average molecular weight is 319 g/mol. The Morgan fingerprint density at radius 2 is 2.35 bits per heavy atom. The zero-order valence-corrected chi connectivity index (χ0v) is 12.2. The number of aromatic nitrogens is 1. The number of pyridine rings is 1. The fraction of sp³-hybridized carbons (Fsp3) is 0.455. The first-order valence-electron chi connectivity index (χ1n) is 5.22. The van der Waals surface area contributed by atoms with Gasteiger partial charge in [-0.25, -0.2) is 4.98 Å². The summed E-state index contributed by atoms with van der Waals surface area (Å²) in [7, 11) is -0.823. The van der Waals surface area contributed by atoms with Crippen LogP contribution in [0.25, 0.3) is 0 Å². The molecule has 0 aromatic carbocycles. The normalized spacial score (nSPS) is 14.1. The van der Waals surface area contributed by atoms with Gasteiger partial charge in [-0.05, 0) is 41.4 Å². The first kappa shape index (κ1) is 14.3. The molecule has 1 amide bonds. The number of nitrogens with one attached hydrogen (secondary N) is 1. The standard InChI is InChI=1S/C11H15BrN2O2S/c1-8(5-7-17(2)16)14-11(15)9-4-3-6-13-10(9)12/h3-4,6,8H,5,7H2,1-2H3,(H,14,15). The Hall–Kier alpha value is -0.750. The first-order chi connectivity index (χ1) is 8.00. The maximum atomic E-state index is 11.9. The topological polar surface area (TPSA) is 59.1 Å². The highest BCUT2D eigenvalue weighted by Gasteiger charge is 2.13. The van der Waals surface area contributed by atoms with E-state index in [-0.39, 0.29) is 11.9 Å². The lowest BCUT2D eigenvalue weighted by Crippen LogP contribution is -2.33. The molecule has 1 aromatic rings. The lowest BCUT2D eigenvalue weighted by atomic mass is 10.2. The number of amides is 1. The van der Waals surface area contributed by atoms with Gasteiger partial charge in [0.1, 0.15) is 4.60 Å². The summed E-state index contributed by atoms with van der Waals surface area (Å²) in [6, 6.07) is 3.42. The largest absolute Gasteiger partial charge is 0.349 e. The molecular formula is C11H15BrN2O2S. The van der Waals surface area contributed by atoms with Crippen molar-refractivity contribution >= 4 is 32.6 Å². The molecule has 0 fully saturated rings. The summed E-state index contributed by atoms with van der Waals surface area (Å²) in [6.45, 7) is 1.90. The van der Waals surface area contributed by atoms with Gasteiger partial charge in [0.05, 0.1) is 5.56 Å². The second-order valence-electron chi connectivity index (χ2n) is 3.78. The van der Waals surface area contributed by atoms with Crippen molar-refractivity contribution in [2.24, 2.45) is 0 Å². The van der Waals surface area contributed by atoms with Gasteiger partial charge in [-0.1, -0.05) is 0 Å². The molecule has 0 aliphatic carbocycles. The van der Waals surface area contributed by atoms with Gasteiger partial charge in [0.25, 0.3) is 5.91 Å². The van der Waals surface area contributed by atoms with E-state index in [1.54, 1.807) is 24.6 Å². The van der Waals surface area contributed by atoms with Crippen molar-refractivity contribution < 1.29 is 9.00 Å². The van der Waals surface area contributed by atoms with E-state index < -0.39 is 10.8 Å². The minimum Gasteiger partial charge on any atom is -0.349 e. The average Bonchev–Trinajstić information content (AvgIpc) is 2.26. The summed E-state index contributed by atoms with van der Waals surface area (Å²) in [6.07, 6.45) is 3.98. The molecule has 0 radical (unpaired) electrons. The Balaban J connectivity index is 2.55. The van der Waals surface area contributed by atoms with Crippen LogP contribution in [0.1, 0.15) is 23.7 Å². The van der Waals surface area contributed by atoms with Crippen LogP contribution in [0, 0.1) is 0 Å². The third kappa shape index (κ3) is 4.95. The Bertz CT molecular complexity index is 426. The Morgan fingerprint density at radius 3 is 2.94 bits per heavy atom. The molecule has 0 aliphatic heterocycles. The maximum absolute atomic E-state index is 11.9. The molecule has 0 bridgehead atoms. The quantitative estimate of drug-likeness (QED) is 0.841. The number of hydrogen-bond donors (Lipinski definition) is 1. The van der Waals surface area contributed by atoms with Crippen LogP contribution in [0.2, 0.25) is 0 Å². The van der Waals surface area contributed by atoms with Crippen LogP contribution >= 0.6 is 15.9 Å². The van der Waals surface area contributed by atoms with Crippen molar-refractivity contribution in [3.05, 3.63) is 28.5 Å². The van der Waals surface area contributed by atoms with Crippen LogP contribution in [0.3, 0.4) is 0 Å². The molecule has 4 nitrogen and oxygen atoms in total. The van der Waals surface area contributed by atoms with Crippen LogP contribution in [-0.4, -0.2) is 33.2 Å². The van der Waals surface area contributed by atoms with E-state index in [0.717, 1.165) is 0 Å². The van der Waals surface area contributed by atoms with E-state index in [1.165, 1.54) is 0 Å². The zero-order valence-electron chi connectivity index (χ0n) is 9.77. The van der Waals surface area contributed by atoms with Crippen molar-refractivity contribution in [3.63, 3.8) is 0 Å². The molecule has 0 aliphatic rings. The molecule has 17 heavy (non-hydrogen) atoms. The number of carbonyl (C=O) groups excluding carboxylic acids is 1. The summed E-state index contributed by atoms with van der Waals surface area (Å²) >= 11 is 3.23. The monoisotopic (exact) mass is 318 g/mol. The predicted molar refractivity (Wildman–Crippen MR) is 72.4 cm³/mol. The molecule has 0 saturated carbocycles. The fourth-order valence-electron chi connectivity index (χ4n) is 1.27. The number of nitrogens with zero attached hydrogens (tertiary/aromatic N) is 1. The second kappa shape index (κ2) is 6.86. The summed E-state index contributed by atoms with van der Waals surface area (Å²) in [4.78, 5) is 15.9. The molecule has 1 heterocycles. The Labute approximate surface area is 112 Å². The second-order valence-corrected chi connectivity index (χ2v) is 6.09. The van der Waals surface area contributed by atoms with Crippen molar-refractivity contribution in [1.29, 1.82) is 0 Å². The predicted octanol–water partition coefficient (Wildman–Crippen LogP) is 1.73. The molecule has 2 unspecified atom stereocenters. The van der Waals surface area contributed by atoms with E-state index in [9.17, 15) is 9.00 Å². The minimum atomic E-state index is -0.823. The summed E-state index contributed by atoms with van der Waals surface area (Å²) in [5, 5.41) is 2.85. The van der Waals surface area contributed by atoms with Gasteiger partial charge in [-0.15, -0.1) is 0 Å². The van der Waals surface area contributed by atoms with E-state index >= 15 is 0 Å². The molecule has 94 valence electrons.